The normalized spacial score (nSPS) is 12.6. The summed E-state index contributed by atoms with van der Waals surface area (Å²) in [6.45, 7) is 5.79. The van der Waals surface area contributed by atoms with E-state index in [9.17, 15) is 0 Å². The van der Waals surface area contributed by atoms with E-state index in [0.29, 0.717) is 5.92 Å². The molecule has 2 N–H and O–H groups in total. The summed E-state index contributed by atoms with van der Waals surface area (Å²) in [5.41, 5.74) is 1.22. The Morgan fingerprint density at radius 2 is 1.71 bits per heavy atom. The van der Waals surface area contributed by atoms with Crippen LogP contribution < -0.4 is 0 Å². The summed E-state index contributed by atoms with van der Waals surface area (Å²) in [7, 11) is 0. The fourth-order valence-electron chi connectivity index (χ4n) is 1.53. The predicted octanol–water partition coefficient (Wildman–Crippen LogP) is 5.20. The average molecular weight is 495 g/mol. The first-order valence-corrected chi connectivity index (χ1v) is 7.38. The van der Waals surface area contributed by atoms with Crippen LogP contribution in [-0.4, -0.2) is 9.97 Å². The number of aromatic nitrogens is 2. The molecule has 0 unspecified atom stereocenters. The number of hydrogen-bond acceptors (Lipinski definition) is 0. The van der Waals surface area contributed by atoms with E-state index in [1.165, 1.54) is 5.69 Å². The quantitative estimate of drug-likeness (QED) is 0.373. The van der Waals surface area contributed by atoms with Gasteiger partial charge in [0, 0.05) is 31.4 Å². The van der Waals surface area contributed by atoms with Crippen molar-refractivity contribution in [1.82, 2.24) is 9.97 Å². The number of aromatic amines is 2. The monoisotopic (exact) mass is 496 g/mol. The van der Waals surface area contributed by atoms with Gasteiger partial charge >= 0.3 is 19.5 Å². The van der Waals surface area contributed by atoms with Crippen LogP contribution in [0.1, 0.15) is 12.1 Å². The second kappa shape index (κ2) is 18.1. The van der Waals surface area contributed by atoms with Gasteiger partial charge in [-0.05, 0) is 25.5 Å². The molecule has 0 saturated carbocycles. The predicted molar refractivity (Wildman–Crippen MR) is 95.2 cm³/mol. The topological polar surface area (TPSA) is 31.6 Å². The number of aryl methyl sites for hydroxylation is 1. The molecular formula is C20H24N2Ru2. The smallest absolute Gasteiger partial charge is 0.484 e. The van der Waals surface area contributed by atoms with Gasteiger partial charge in [0.25, 0.3) is 0 Å². The zero-order chi connectivity index (χ0) is 15.9. The van der Waals surface area contributed by atoms with Gasteiger partial charge in [-0.3, -0.25) is 0 Å². The van der Waals surface area contributed by atoms with Crippen LogP contribution in [0.2, 0.25) is 0 Å². The Morgan fingerprint density at radius 1 is 1.04 bits per heavy atom. The maximum absolute atomic E-state index is 3.76. The Morgan fingerprint density at radius 3 is 1.88 bits per heavy atom. The van der Waals surface area contributed by atoms with Crippen molar-refractivity contribution in [2.24, 2.45) is 5.92 Å². The van der Waals surface area contributed by atoms with Crippen LogP contribution in [0.15, 0.2) is 85.3 Å². The molecule has 2 aromatic heterocycles. The Labute approximate surface area is 171 Å². The van der Waals surface area contributed by atoms with Gasteiger partial charge in [-0.1, -0.05) is 36.5 Å². The maximum atomic E-state index is 3.76. The molecule has 0 aliphatic heterocycles. The van der Waals surface area contributed by atoms with E-state index in [1.54, 1.807) is 0 Å². The Bertz CT molecular complexity index is 526. The van der Waals surface area contributed by atoms with Gasteiger partial charge in [-0.2, -0.15) is 18.3 Å². The summed E-state index contributed by atoms with van der Waals surface area (Å²) in [6.07, 6.45) is 24.1. The first-order chi connectivity index (χ1) is 10.8. The molecule has 0 fully saturated rings. The Balaban J connectivity index is 0. The van der Waals surface area contributed by atoms with Gasteiger partial charge in [-0.25, -0.2) is 0 Å². The summed E-state index contributed by atoms with van der Waals surface area (Å²) in [5.74, 6) is 0.435. The summed E-state index contributed by atoms with van der Waals surface area (Å²) in [5, 5.41) is 0. The van der Waals surface area contributed by atoms with Crippen LogP contribution >= 0.6 is 0 Å². The zero-order valence-electron chi connectivity index (χ0n) is 13.8. The van der Waals surface area contributed by atoms with Crippen LogP contribution in [0.5, 0.6) is 0 Å². The molecule has 0 bridgehead atoms. The summed E-state index contributed by atoms with van der Waals surface area (Å²) >= 11 is 0. The Kier molecular flexibility index (Phi) is 18.9. The van der Waals surface area contributed by atoms with Gasteiger partial charge in [0.05, 0.1) is 0 Å². The van der Waals surface area contributed by atoms with Gasteiger partial charge < -0.3 is 16.9 Å². The number of H-pyrrole nitrogens is 2. The molecule has 2 heterocycles. The summed E-state index contributed by atoms with van der Waals surface area (Å²) in [6, 6.07) is 7.72. The van der Waals surface area contributed by atoms with Crippen molar-refractivity contribution in [3.63, 3.8) is 0 Å². The van der Waals surface area contributed by atoms with Crippen LogP contribution in [0.3, 0.4) is 0 Å². The number of rotatable bonds is 0. The number of allylic oxidation sites excluding steroid dienone is 8. The molecule has 2 aliphatic rings. The second-order valence-electron chi connectivity index (χ2n) is 4.69. The molecule has 0 spiro atoms. The number of nitrogens with one attached hydrogen (secondary N) is 2. The van der Waals surface area contributed by atoms with Gasteiger partial charge in [0.1, 0.15) is 0 Å². The van der Waals surface area contributed by atoms with Crippen molar-refractivity contribution in [2.45, 2.75) is 13.3 Å². The minimum absolute atomic E-state index is 0. The molecule has 0 radical (unpaired) electrons. The fraction of sp³-hybridized carbons (Fsp3) is 0.150. The largest absolute Gasteiger partial charge is 2.00 e. The molecule has 4 heteroatoms. The molecule has 0 atom stereocenters. The minimum Gasteiger partial charge on any atom is -0.484 e. The van der Waals surface area contributed by atoms with Crippen molar-refractivity contribution in [3.05, 3.63) is 104 Å². The van der Waals surface area contributed by atoms with Gasteiger partial charge in [0.2, 0.25) is 0 Å². The molecule has 0 saturated heterocycles. The van der Waals surface area contributed by atoms with Crippen LogP contribution in [0.4, 0.5) is 0 Å². The van der Waals surface area contributed by atoms with E-state index in [2.05, 4.69) is 59.5 Å². The fourth-order valence-corrected chi connectivity index (χ4v) is 1.53. The molecule has 2 nitrogen and oxygen atoms in total. The second-order valence-corrected chi connectivity index (χ2v) is 4.69. The van der Waals surface area contributed by atoms with Crippen molar-refractivity contribution < 1.29 is 39.0 Å². The third-order valence-electron chi connectivity index (χ3n) is 2.68. The van der Waals surface area contributed by atoms with E-state index in [4.69, 9.17) is 0 Å². The van der Waals surface area contributed by atoms with E-state index in [1.807, 2.05) is 55.7 Å². The molecular weight excluding hydrogens is 470 g/mol. The maximum Gasteiger partial charge on any atom is 2.00 e. The third kappa shape index (κ3) is 15.7. The minimum atomic E-state index is 0. The summed E-state index contributed by atoms with van der Waals surface area (Å²) < 4.78 is 0. The van der Waals surface area contributed by atoms with Gasteiger partial charge in [0.15, 0.2) is 0 Å². The van der Waals surface area contributed by atoms with E-state index in [0.717, 1.165) is 6.42 Å². The van der Waals surface area contributed by atoms with Crippen molar-refractivity contribution >= 4 is 0 Å². The first-order valence-electron chi connectivity index (χ1n) is 7.38. The molecule has 4 rings (SSSR count). The van der Waals surface area contributed by atoms with E-state index >= 15 is 0 Å². The van der Waals surface area contributed by atoms with Crippen molar-refractivity contribution in [1.29, 1.82) is 0 Å². The van der Waals surface area contributed by atoms with Gasteiger partial charge in [-0.15, -0.1) is 24.3 Å². The number of hydrogen-bond donors (Lipinski definition) is 2. The van der Waals surface area contributed by atoms with Crippen molar-refractivity contribution in [2.75, 3.05) is 0 Å². The van der Waals surface area contributed by atoms with Crippen LogP contribution in [-0.2, 0) is 39.0 Å². The molecule has 130 valence electrons. The molecule has 0 aromatic carbocycles. The van der Waals surface area contributed by atoms with Crippen LogP contribution in [0, 0.1) is 26.0 Å². The molecule has 24 heavy (non-hydrogen) atoms. The standard InChI is InChI=1S/C6H7.C5H7N.C5H6.C4H4N.2Ru/c1-6-4-2-3-5-6;1-5-3-2-4-6-5;2*1-2-4-5-3-1;;/h2-6H,1H2;2-4,6H,1H3;1-4H,5H2;1-3,5H;;/q-1;;;-1;;+2. The van der Waals surface area contributed by atoms with Crippen molar-refractivity contribution in [3.8, 4) is 0 Å². The third-order valence-corrected chi connectivity index (χ3v) is 2.68. The summed E-state index contributed by atoms with van der Waals surface area (Å²) in [4.78, 5) is 5.74. The van der Waals surface area contributed by atoms with E-state index in [-0.39, 0.29) is 39.0 Å². The van der Waals surface area contributed by atoms with Crippen LogP contribution in [0.25, 0.3) is 0 Å². The molecule has 0 amide bonds. The Hall–Kier alpha value is -1.23. The molecule has 2 aromatic rings. The molecule has 2 aliphatic carbocycles. The zero-order valence-corrected chi connectivity index (χ0v) is 17.3. The first kappa shape index (κ1) is 25.0. The SMILES string of the molecule is C1=CCC=C1.Cc1ccc[nH]1.[CH2-]C1C=CC=C1.[Ru+2].[Ru].[c-]1ccc[nH]1. The average Bonchev–Trinajstić information content (AvgIpc) is 3.32. The van der Waals surface area contributed by atoms with E-state index < -0.39 is 0 Å².